The summed E-state index contributed by atoms with van der Waals surface area (Å²) in [5.74, 6) is -0.319. The van der Waals surface area contributed by atoms with E-state index in [-0.39, 0.29) is 10.6 Å². The lowest BCUT2D eigenvalue weighted by Crippen LogP contribution is -2.22. The Kier molecular flexibility index (Phi) is 3.93. The second-order valence-corrected chi connectivity index (χ2v) is 8.65. The van der Waals surface area contributed by atoms with Crippen LogP contribution in [-0.4, -0.2) is 17.4 Å². The van der Waals surface area contributed by atoms with Crippen molar-refractivity contribution in [3.8, 4) is 6.07 Å². The van der Waals surface area contributed by atoms with E-state index < -0.39 is 13.1 Å². The smallest absolute Gasteiger partial charge is 0.181 e. The number of halogens is 2. The lowest BCUT2D eigenvalue weighted by atomic mass is 10.4. The van der Waals surface area contributed by atoms with Gasteiger partial charge in [-0.2, -0.15) is 5.26 Å². The van der Waals surface area contributed by atoms with Gasteiger partial charge in [0.05, 0.1) is 16.7 Å². The van der Waals surface area contributed by atoms with E-state index in [2.05, 4.69) is 31.9 Å². The highest BCUT2D eigenvalue weighted by Gasteiger charge is 2.30. The second-order valence-electron chi connectivity index (χ2n) is 2.89. The van der Waals surface area contributed by atoms with Gasteiger partial charge in [0.1, 0.15) is 0 Å². The molecule has 0 aliphatic carbocycles. The number of hydrogen-bond donors (Lipinski definition) is 0. The van der Waals surface area contributed by atoms with Crippen molar-refractivity contribution in [3.63, 3.8) is 0 Å². The van der Waals surface area contributed by atoms with Gasteiger partial charge < -0.3 is 0 Å². The molecule has 0 aliphatic rings. The molecule has 0 amide bonds. The molecule has 0 aliphatic heterocycles. The first-order valence-electron chi connectivity index (χ1n) is 3.94. The van der Waals surface area contributed by atoms with E-state index in [9.17, 15) is 8.42 Å². The highest BCUT2D eigenvalue weighted by molar-refractivity contribution is 9.25. The predicted molar refractivity (Wildman–Crippen MR) is 64.7 cm³/mol. The van der Waals surface area contributed by atoms with Crippen LogP contribution < -0.4 is 0 Å². The van der Waals surface area contributed by atoms with Crippen LogP contribution in [0.5, 0.6) is 0 Å². The third kappa shape index (κ3) is 3.59. The number of hydrogen-bond acceptors (Lipinski definition) is 3. The second kappa shape index (κ2) is 4.64. The summed E-state index contributed by atoms with van der Waals surface area (Å²) in [4.78, 5) is 0.212. The topological polar surface area (TPSA) is 57.9 Å². The van der Waals surface area contributed by atoms with E-state index >= 15 is 0 Å². The van der Waals surface area contributed by atoms with Crippen LogP contribution >= 0.6 is 31.9 Å². The van der Waals surface area contributed by atoms with E-state index in [0.29, 0.717) is 0 Å². The monoisotopic (exact) mass is 351 g/mol. The molecule has 0 aromatic heterocycles. The molecule has 15 heavy (non-hydrogen) atoms. The van der Waals surface area contributed by atoms with Crippen molar-refractivity contribution < 1.29 is 8.42 Å². The van der Waals surface area contributed by atoms with Crippen molar-refractivity contribution in [3.05, 3.63) is 30.3 Å². The number of nitrogens with zero attached hydrogens (tertiary/aromatic N) is 1. The largest absolute Gasteiger partial charge is 0.224 e. The standard InChI is InChI=1S/C9H7Br2NO2S/c10-9(11,6-12)7-15(13,14)8-4-2-1-3-5-8/h1-5H,7H2. The Bertz CT molecular complexity index is 477. The minimum absolute atomic E-state index is 0.212. The quantitative estimate of drug-likeness (QED) is 0.785. The third-order valence-electron chi connectivity index (χ3n) is 1.64. The number of alkyl halides is 2. The van der Waals surface area contributed by atoms with Crippen LogP contribution in [0.4, 0.5) is 0 Å². The summed E-state index contributed by atoms with van der Waals surface area (Å²) in [5, 5.41) is 8.70. The van der Waals surface area contributed by atoms with Crippen LogP contribution in [0, 0.1) is 11.3 Å². The zero-order valence-electron chi connectivity index (χ0n) is 7.52. The van der Waals surface area contributed by atoms with Crippen molar-refractivity contribution in [2.45, 2.75) is 8.13 Å². The van der Waals surface area contributed by atoms with Crippen LogP contribution in [0.3, 0.4) is 0 Å². The lowest BCUT2D eigenvalue weighted by molar-refractivity contribution is 0.596. The molecule has 1 aromatic carbocycles. The van der Waals surface area contributed by atoms with Crippen molar-refractivity contribution in [1.82, 2.24) is 0 Å². The zero-order chi connectivity index (χ0) is 11.5. The van der Waals surface area contributed by atoms with Crippen molar-refractivity contribution in [2.75, 3.05) is 5.75 Å². The summed E-state index contributed by atoms with van der Waals surface area (Å²) in [6.45, 7) is 0. The van der Waals surface area contributed by atoms with Crippen LogP contribution in [0.2, 0.25) is 0 Å². The minimum atomic E-state index is -3.45. The first kappa shape index (κ1) is 12.7. The van der Waals surface area contributed by atoms with Gasteiger partial charge in [0.25, 0.3) is 0 Å². The van der Waals surface area contributed by atoms with E-state index in [1.165, 1.54) is 12.1 Å². The Labute approximate surface area is 105 Å². The Morgan fingerprint density at radius 2 is 1.80 bits per heavy atom. The van der Waals surface area contributed by atoms with Gasteiger partial charge in [-0.1, -0.05) is 50.1 Å². The summed E-state index contributed by atoms with van der Waals surface area (Å²) >= 11 is 5.98. The zero-order valence-corrected chi connectivity index (χ0v) is 11.5. The molecule has 1 rings (SSSR count). The fourth-order valence-corrected chi connectivity index (χ4v) is 4.07. The van der Waals surface area contributed by atoms with Crippen molar-refractivity contribution >= 4 is 41.7 Å². The van der Waals surface area contributed by atoms with E-state index in [1.54, 1.807) is 18.2 Å². The number of sulfone groups is 1. The first-order chi connectivity index (χ1) is 6.87. The Hall–Kier alpha value is -0.380. The predicted octanol–water partition coefficient (Wildman–Crippen LogP) is 2.47. The molecule has 0 saturated heterocycles. The van der Waals surface area contributed by atoms with Gasteiger partial charge in [-0.15, -0.1) is 0 Å². The average Bonchev–Trinajstić information content (AvgIpc) is 2.18. The molecule has 0 fully saturated rings. The molecular formula is C9H7Br2NO2S. The molecule has 1 aromatic rings. The van der Waals surface area contributed by atoms with Crippen LogP contribution in [0.25, 0.3) is 0 Å². The molecule has 0 radical (unpaired) electrons. The fourth-order valence-electron chi connectivity index (χ4n) is 0.982. The van der Waals surface area contributed by atoms with Crippen molar-refractivity contribution in [2.24, 2.45) is 0 Å². The maximum absolute atomic E-state index is 11.8. The normalized spacial score (nSPS) is 12.1. The lowest BCUT2D eigenvalue weighted by Gasteiger charge is -2.11. The highest BCUT2D eigenvalue weighted by atomic mass is 79.9. The molecule has 80 valence electrons. The molecule has 0 atom stereocenters. The number of rotatable bonds is 3. The van der Waals surface area contributed by atoms with Gasteiger partial charge in [0.15, 0.2) is 13.1 Å². The minimum Gasteiger partial charge on any atom is -0.224 e. The molecule has 0 heterocycles. The summed E-state index contributed by atoms with van der Waals surface area (Å²) in [6, 6.07) is 9.85. The van der Waals surface area contributed by atoms with Crippen LogP contribution in [0.15, 0.2) is 35.2 Å². The molecule has 0 N–H and O–H groups in total. The van der Waals surface area contributed by atoms with Crippen molar-refractivity contribution in [1.29, 1.82) is 5.26 Å². The molecule has 6 heteroatoms. The van der Waals surface area contributed by atoms with Crippen LogP contribution in [-0.2, 0) is 9.84 Å². The van der Waals surface area contributed by atoms with Gasteiger partial charge in [0, 0.05) is 0 Å². The van der Waals surface area contributed by atoms with Gasteiger partial charge in [-0.3, -0.25) is 0 Å². The molecule has 0 bridgehead atoms. The molecule has 0 spiro atoms. The maximum atomic E-state index is 11.8. The molecular weight excluding hydrogens is 346 g/mol. The molecule has 0 saturated carbocycles. The van der Waals surface area contributed by atoms with Gasteiger partial charge in [0.2, 0.25) is 0 Å². The van der Waals surface area contributed by atoms with Crippen LogP contribution in [0.1, 0.15) is 0 Å². The number of nitriles is 1. The highest BCUT2D eigenvalue weighted by Crippen LogP contribution is 2.29. The summed E-state index contributed by atoms with van der Waals surface area (Å²) in [5.41, 5.74) is 0. The Morgan fingerprint density at radius 3 is 2.27 bits per heavy atom. The summed E-state index contributed by atoms with van der Waals surface area (Å²) in [7, 11) is -3.45. The van der Waals surface area contributed by atoms with Gasteiger partial charge >= 0.3 is 0 Å². The molecule has 0 unspecified atom stereocenters. The SMILES string of the molecule is N#CC(Br)(Br)CS(=O)(=O)c1ccccc1. The van der Waals surface area contributed by atoms with E-state index in [4.69, 9.17) is 5.26 Å². The third-order valence-corrected chi connectivity index (χ3v) is 5.10. The Balaban J connectivity index is 3.03. The molecule has 3 nitrogen and oxygen atoms in total. The van der Waals surface area contributed by atoms with Gasteiger partial charge in [-0.25, -0.2) is 8.42 Å². The number of benzene rings is 1. The summed E-state index contributed by atoms with van der Waals surface area (Å²) < 4.78 is 22.4. The maximum Gasteiger partial charge on any atom is 0.181 e. The Morgan fingerprint density at radius 1 is 1.27 bits per heavy atom. The summed E-state index contributed by atoms with van der Waals surface area (Å²) in [6.07, 6.45) is 0. The first-order valence-corrected chi connectivity index (χ1v) is 7.18. The van der Waals surface area contributed by atoms with E-state index in [0.717, 1.165) is 0 Å². The average molecular weight is 353 g/mol. The fraction of sp³-hybridized carbons (Fsp3) is 0.222. The van der Waals surface area contributed by atoms with Gasteiger partial charge in [-0.05, 0) is 12.1 Å². The van der Waals surface area contributed by atoms with E-state index in [1.807, 2.05) is 6.07 Å².